The summed E-state index contributed by atoms with van der Waals surface area (Å²) in [6, 6.07) is 19.3. The molecule has 0 saturated heterocycles. The predicted molar refractivity (Wildman–Crippen MR) is 73.5 cm³/mol. The van der Waals surface area contributed by atoms with E-state index in [9.17, 15) is 4.79 Å². The molecular formula is C16H17NO. The summed E-state index contributed by atoms with van der Waals surface area (Å²) in [6.07, 6.45) is 0. The molecule has 0 aromatic heterocycles. The number of benzene rings is 2. The second-order valence-electron chi connectivity index (χ2n) is 4.32. The van der Waals surface area contributed by atoms with Gasteiger partial charge in [0.2, 0.25) is 0 Å². The van der Waals surface area contributed by atoms with Crippen molar-refractivity contribution in [3.05, 3.63) is 71.8 Å². The summed E-state index contributed by atoms with van der Waals surface area (Å²) >= 11 is 0. The van der Waals surface area contributed by atoms with E-state index >= 15 is 0 Å². The van der Waals surface area contributed by atoms with Gasteiger partial charge in [0, 0.05) is 12.1 Å². The van der Waals surface area contributed by atoms with Crippen LogP contribution in [0.2, 0.25) is 0 Å². The Morgan fingerprint density at radius 1 is 1.00 bits per heavy atom. The summed E-state index contributed by atoms with van der Waals surface area (Å²) in [4.78, 5) is 12.1. The number of hydrogen-bond acceptors (Lipinski definition) is 2. The van der Waals surface area contributed by atoms with Crippen LogP contribution < -0.4 is 5.32 Å². The molecule has 18 heavy (non-hydrogen) atoms. The van der Waals surface area contributed by atoms with E-state index in [0.29, 0.717) is 6.54 Å². The van der Waals surface area contributed by atoms with Gasteiger partial charge in [0.25, 0.3) is 0 Å². The smallest absolute Gasteiger partial charge is 0.179 e. The lowest BCUT2D eigenvalue weighted by Crippen LogP contribution is -2.33. The molecule has 2 heteroatoms. The third-order valence-electron chi connectivity index (χ3n) is 2.91. The molecule has 0 heterocycles. The SMILES string of the molecule is C[C@@H](NCc1ccccc1)C(=O)c1ccccc1. The van der Waals surface area contributed by atoms with Crippen LogP contribution in [0, 0.1) is 0 Å². The summed E-state index contributed by atoms with van der Waals surface area (Å²) in [5.41, 5.74) is 1.94. The predicted octanol–water partition coefficient (Wildman–Crippen LogP) is 3.05. The minimum absolute atomic E-state index is 0.131. The van der Waals surface area contributed by atoms with Gasteiger partial charge in [0.1, 0.15) is 0 Å². The van der Waals surface area contributed by atoms with Crippen LogP contribution in [0.1, 0.15) is 22.8 Å². The molecule has 0 aliphatic carbocycles. The fourth-order valence-corrected chi connectivity index (χ4v) is 1.81. The third kappa shape index (κ3) is 3.28. The Balaban J connectivity index is 1.93. The van der Waals surface area contributed by atoms with Crippen LogP contribution >= 0.6 is 0 Å². The van der Waals surface area contributed by atoms with Gasteiger partial charge in [-0.25, -0.2) is 0 Å². The highest BCUT2D eigenvalue weighted by Crippen LogP contribution is 2.04. The first-order valence-corrected chi connectivity index (χ1v) is 6.14. The summed E-state index contributed by atoms with van der Waals surface area (Å²) in [5.74, 6) is 0.131. The van der Waals surface area contributed by atoms with E-state index in [0.717, 1.165) is 5.56 Å². The number of Topliss-reactive ketones (excluding diaryl/α,β-unsaturated/α-hetero) is 1. The van der Waals surface area contributed by atoms with E-state index in [-0.39, 0.29) is 11.8 Å². The van der Waals surface area contributed by atoms with E-state index < -0.39 is 0 Å². The lowest BCUT2D eigenvalue weighted by Gasteiger charge is -2.12. The van der Waals surface area contributed by atoms with E-state index in [2.05, 4.69) is 5.32 Å². The van der Waals surface area contributed by atoms with Gasteiger partial charge in [0.05, 0.1) is 6.04 Å². The van der Waals surface area contributed by atoms with Crippen LogP contribution in [0.25, 0.3) is 0 Å². The van der Waals surface area contributed by atoms with Crippen molar-refractivity contribution in [1.82, 2.24) is 5.32 Å². The van der Waals surface area contributed by atoms with Gasteiger partial charge in [-0.2, -0.15) is 0 Å². The Labute approximate surface area is 108 Å². The fourth-order valence-electron chi connectivity index (χ4n) is 1.81. The molecule has 0 saturated carbocycles. The van der Waals surface area contributed by atoms with Crippen LogP contribution in [0.5, 0.6) is 0 Å². The Kier molecular flexibility index (Phi) is 4.26. The number of carbonyl (C=O) groups is 1. The molecule has 0 fully saturated rings. The number of hydrogen-bond donors (Lipinski definition) is 1. The Hall–Kier alpha value is -1.93. The van der Waals surface area contributed by atoms with Crippen molar-refractivity contribution < 1.29 is 4.79 Å². The lowest BCUT2D eigenvalue weighted by molar-refractivity contribution is 0.0950. The van der Waals surface area contributed by atoms with Crippen LogP contribution in [-0.2, 0) is 6.54 Å². The Morgan fingerprint density at radius 3 is 2.17 bits per heavy atom. The second-order valence-corrected chi connectivity index (χ2v) is 4.32. The molecule has 0 amide bonds. The van der Waals surface area contributed by atoms with E-state index in [4.69, 9.17) is 0 Å². The number of carbonyl (C=O) groups excluding carboxylic acids is 1. The summed E-state index contributed by atoms with van der Waals surface area (Å²) < 4.78 is 0. The van der Waals surface area contributed by atoms with Gasteiger partial charge in [-0.3, -0.25) is 4.79 Å². The van der Waals surface area contributed by atoms with Gasteiger partial charge in [-0.05, 0) is 12.5 Å². The minimum atomic E-state index is -0.174. The maximum Gasteiger partial charge on any atom is 0.179 e. The van der Waals surface area contributed by atoms with Gasteiger partial charge < -0.3 is 5.32 Å². The third-order valence-corrected chi connectivity index (χ3v) is 2.91. The van der Waals surface area contributed by atoms with Crippen molar-refractivity contribution in [1.29, 1.82) is 0 Å². The van der Waals surface area contributed by atoms with Crippen molar-refractivity contribution in [3.63, 3.8) is 0 Å². The van der Waals surface area contributed by atoms with E-state index in [1.54, 1.807) is 0 Å². The molecule has 0 spiro atoms. The zero-order valence-electron chi connectivity index (χ0n) is 10.5. The Morgan fingerprint density at radius 2 is 1.56 bits per heavy atom. The van der Waals surface area contributed by atoms with Crippen LogP contribution in [0.15, 0.2) is 60.7 Å². The lowest BCUT2D eigenvalue weighted by atomic mass is 10.1. The van der Waals surface area contributed by atoms with Gasteiger partial charge in [-0.15, -0.1) is 0 Å². The van der Waals surface area contributed by atoms with Crippen LogP contribution in [0.4, 0.5) is 0 Å². The van der Waals surface area contributed by atoms with Crippen LogP contribution in [-0.4, -0.2) is 11.8 Å². The molecule has 1 atom stereocenters. The van der Waals surface area contributed by atoms with Crippen LogP contribution in [0.3, 0.4) is 0 Å². The highest BCUT2D eigenvalue weighted by atomic mass is 16.1. The first kappa shape index (κ1) is 12.5. The van der Waals surface area contributed by atoms with Crippen molar-refractivity contribution in [2.24, 2.45) is 0 Å². The van der Waals surface area contributed by atoms with Crippen molar-refractivity contribution >= 4 is 5.78 Å². The normalized spacial score (nSPS) is 12.1. The molecule has 1 N–H and O–H groups in total. The van der Waals surface area contributed by atoms with Gasteiger partial charge in [0.15, 0.2) is 5.78 Å². The maximum absolute atomic E-state index is 12.1. The van der Waals surface area contributed by atoms with Gasteiger partial charge >= 0.3 is 0 Å². The first-order valence-electron chi connectivity index (χ1n) is 6.14. The molecule has 2 aromatic carbocycles. The number of nitrogens with one attached hydrogen (secondary N) is 1. The maximum atomic E-state index is 12.1. The van der Waals surface area contributed by atoms with E-state index in [1.165, 1.54) is 5.56 Å². The molecule has 0 bridgehead atoms. The minimum Gasteiger partial charge on any atom is -0.303 e. The summed E-state index contributed by atoms with van der Waals surface area (Å²) in [5, 5.41) is 3.25. The molecule has 0 radical (unpaired) electrons. The zero-order chi connectivity index (χ0) is 12.8. The zero-order valence-corrected chi connectivity index (χ0v) is 10.5. The molecular weight excluding hydrogens is 222 g/mol. The number of ketones is 1. The fraction of sp³-hybridized carbons (Fsp3) is 0.188. The standard InChI is InChI=1S/C16H17NO/c1-13(16(18)15-10-6-3-7-11-15)17-12-14-8-4-2-5-9-14/h2-11,13,17H,12H2,1H3/t13-/m1/s1. The van der Waals surface area contributed by atoms with Gasteiger partial charge in [-0.1, -0.05) is 60.7 Å². The van der Waals surface area contributed by atoms with Crippen molar-refractivity contribution in [2.45, 2.75) is 19.5 Å². The van der Waals surface area contributed by atoms with Crippen molar-refractivity contribution in [3.8, 4) is 0 Å². The monoisotopic (exact) mass is 239 g/mol. The topological polar surface area (TPSA) is 29.1 Å². The average Bonchev–Trinajstić information content (AvgIpc) is 2.46. The molecule has 0 aliphatic heterocycles. The highest BCUT2D eigenvalue weighted by molar-refractivity contribution is 5.99. The quantitative estimate of drug-likeness (QED) is 0.812. The molecule has 0 aliphatic rings. The average molecular weight is 239 g/mol. The van der Waals surface area contributed by atoms with E-state index in [1.807, 2.05) is 67.6 Å². The molecule has 0 unspecified atom stereocenters. The first-order chi connectivity index (χ1) is 8.77. The van der Waals surface area contributed by atoms with Crippen molar-refractivity contribution in [2.75, 3.05) is 0 Å². The molecule has 2 rings (SSSR count). The summed E-state index contributed by atoms with van der Waals surface area (Å²) in [6.45, 7) is 2.61. The number of rotatable bonds is 5. The molecule has 2 nitrogen and oxygen atoms in total. The Bertz CT molecular complexity index is 493. The molecule has 2 aromatic rings. The summed E-state index contributed by atoms with van der Waals surface area (Å²) in [7, 11) is 0. The highest BCUT2D eigenvalue weighted by Gasteiger charge is 2.13. The molecule has 92 valence electrons. The largest absolute Gasteiger partial charge is 0.303 e. The second kappa shape index (κ2) is 6.12.